The molecule has 1 aliphatic rings. The van der Waals surface area contributed by atoms with Gasteiger partial charge in [-0.2, -0.15) is 0 Å². The van der Waals surface area contributed by atoms with Crippen LogP contribution in [0.15, 0.2) is 52.9 Å². The van der Waals surface area contributed by atoms with Crippen LogP contribution >= 0.6 is 0 Å². The number of oxazole rings is 1. The Kier molecular flexibility index (Phi) is 5.35. The molecule has 0 saturated heterocycles. The first-order chi connectivity index (χ1) is 15.6. The highest BCUT2D eigenvalue weighted by atomic mass is 16.5. The maximum Gasteiger partial charge on any atom is 0.336 e. The van der Waals surface area contributed by atoms with Crippen molar-refractivity contribution in [3.8, 4) is 17.2 Å². The Bertz CT molecular complexity index is 1310. The molecule has 1 N–H and O–H groups in total. The summed E-state index contributed by atoms with van der Waals surface area (Å²) in [6.45, 7) is 2.53. The van der Waals surface area contributed by atoms with Crippen LogP contribution in [0.2, 0.25) is 0 Å². The highest BCUT2D eigenvalue weighted by Gasteiger charge is 2.18. The smallest absolute Gasteiger partial charge is 0.336 e. The van der Waals surface area contributed by atoms with Gasteiger partial charge >= 0.3 is 5.97 Å². The lowest BCUT2D eigenvalue weighted by Gasteiger charge is -2.20. The maximum atomic E-state index is 11.5. The van der Waals surface area contributed by atoms with Gasteiger partial charge in [0.25, 0.3) is 0 Å². The van der Waals surface area contributed by atoms with Gasteiger partial charge in [-0.05, 0) is 61.9 Å². The summed E-state index contributed by atoms with van der Waals surface area (Å²) >= 11 is 0. The van der Waals surface area contributed by atoms with E-state index in [-0.39, 0.29) is 5.56 Å². The maximum absolute atomic E-state index is 11.5. The van der Waals surface area contributed by atoms with Crippen LogP contribution in [0.5, 0.6) is 5.75 Å². The molecule has 162 valence electrons. The van der Waals surface area contributed by atoms with E-state index in [9.17, 15) is 9.90 Å². The summed E-state index contributed by atoms with van der Waals surface area (Å²) < 4.78 is 12.1. The van der Waals surface area contributed by atoms with Crippen molar-refractivity contribution in [3.05, 3.63) is 76.6 Å². The van der Waals surface area contributed by atoms with E-state index in [4.69, 9.17) is 14.1 Å². The Labute approximate surface area is 185 Å². The minimum Gasteiger partial charge on any atom is -0.488 e. The van der Waals surface area contributed by atoms with Crippen molar-refractivity contribution >= 4 is 17.1 Å². The predicted molar refractivity (Wildman–Crippen MR) is 121 cm³/mol. The van der Waals surface area contributed by atoms with E-state index in [2.05, 4.69) is 18.0 Å². The molecule has 1 aliphatic carbocycles. The average molecular weight is 428 g/mol. The minimum atomic E-state index is -1.01. The van der Waals surface area contributed by atoms with Gasteiger partial charge in [-0.1, -0.05) is 25.1 Å². The number of carboxylic acids is 1. The molecule has 6 nitrogen and oxygen atoms in total. The number of ether oxygens (including phenoxy) is 1. The van der Waals surface area contributed by atoms with Gasteiger partial charge in [0, 0.05) is 23.0 Å². The van der Waals surface area contributed by atoms with Gasteiger partial charge in [-0.3, -0.25) is 4.98 Å². The number of pyridine rings is 1. The average Bonchev–Trinajstić information content (AvgIpc) is 3.25. The SMILES string of the molecule is CCc1cc(OCc2ccc3oc(-c4ccccc4C(=O)O)nc3c2)c2c(n1)CCCC2. The van der Waals surface area contributed by atoms with Crippen molar-refractivity contribution in [2.24, 2.45) is 0 Å². The Hall–Kier alpha value is -3.67. The number of hydrogen-bond acceptors (Lipinski definition) is 5. The zero-order chi connectivity index (χ0) is 22.1. The van der Waals surface area contributed by atoms with Crippen molar-refractivity contribution in [2.45, 2.75) is 45.6 Å². The van der Waals surface area contributed by atoms with Crippen molar-refractivity contribution in [2.75, 3.05) is 0 Å². The number of carbonyl (C=O) groups is 1. The molecule has 0 amide bonds. The number of hydrogen-bond donors (Lipinski definition) is 1. The third-order valence-electron chi connectivity index (χ3n) is 5.91. The second kappa shape index (κ2) is 8.46. The summed E-state index contributed by atoms with van der Waals surface area (Å²) in [7, 11) is 0. The Morgan fingerprint density at radius 3 is 2.78 bits per heavy atom. The van der Waals surface area contributed by atoms with Crippen LogP contribution in [-0.4, -0.2) is 21.0 Å². The summed E-state index contributed by atoms with van der Waals surface area (Å²) in [6, 6.07) is 14.5. The summed E-state index contributed by atoms with van der Waals surface area (Å²) in [5, 5.41) is 9.46. The van der Waals surface area contributed by atoms with Gasteiger partial charge in [0.2, 0.25) is 5.89 Å². The Morgan fingerprint density at radius 1 is 1.09 bits per heavy atom. The zero-order valence-corrected chi connectivity index (χ0v) is 17.9. The lowest BCUT2D eigenvalue weighted by atomic mass is 9.94. The van der Waals surface area contributed by atoms with Gasteiger partial charge in [-0.15, -0.1) is 0 Å². The molecule has 0 radical (unpaired) electrons. The van der Waals surface area contributed by atoms with E-state index in [0.29, 0.717) is 29.2 Å². The molecule has 4 aromatic rings. The van der Waals surface area contributed by atoms with Crippen LogP contribution < -0.4 is 4.74 Å². The van der Waals surface area contributed by atoms with Gasteiger partial charge in [0.1, 0.15) is 17.9 Å². The van der Waals surface area contributed by atoms with E-state index in [1.54, 1.807) is 24.3 Å². The van der Waals surface area contributed by atoms with E-state index in [1.807, 2.05) is 18.2 Å². The number of rotatable bonds is 6. The van der Waals surface area contributed by atoms with Gasteiger partial charge < -0.3 is 14.3 Å². The number of carboxylic acid groups (broad SMARTS) is 1. The minimum absolute atomic E-state index is 0.164. The molecule has 0 fully saturated rings. The monoisotopic (exact) mass is 428 g/mol. The summed E-state index contributed by atoms with van der Waals surface area (Å²) in [4.78, 5) is 20.9. The van der Waals surface area contributed by atoms with E-state index >= 15 is 0 Å². The van der Waals surface area contributed by atoms with Crippen LogP contribution in [0.1, 0.15) is 52.6 Å². The summed E-state index contributed by atoms with van der Waals surface area (Å²) in [5.74, 6) is 0.221. The molecule has 0 unspecified atom stereocenters. The fraction of sp³-hybridized carbons (Fsp3) is 0.269. The molecule has 32 heavy (non-hydrogen) atoms. The number of fused-ring (bicyclic) bond motifs is 2. The van der Waals surface area contributed by atoms with Crippen molar-refractivity contribution < 1.29 is 19.1 Å². The molecule has 6 heteroatoms. The first-order valence-corrected chi connectivity index (χ1v) is 11.0. The molecular weight excluding hydrogens is 404 g/mol. The summed E-state index contributed by atoms with van der Waals surface area (Å²) in [5.41, 5.74) is 6.37. The highest BCUT2D eigenvalue weighted by molar-refractivity contribution is 5.95. The fourth-order valence-corrected chi connectivity index (χ4v) is 4.23. The number of aromatic carboxylic acids is 1. The standard InChI is InChI=1S/C26H24N2O4/c1-2-17-14-24(20-9-5-6-10-21(20)27-17)31-15-16-11-12-23-22(13-16)28-25(32-23)18-7-3-4-8-19(18)26(29)30/h3-4,7-8,11-14H,2,5-6,9-10,15H2,1H3,(H,29,30). The van der Waals surface area contributed by atoms with E-state index in [1.165, 1.54) is 24.1 Å². The van der Waals surface area contributed by atoms with E-state index in [0.717, 1.165) is 36.3 Å². The quantitative estimate of drug-likeness (QED) is 0.430. The molecule has 0 saturated carbocycles. The van der Waals surface area contributed by atoms with Crippen LogP contribution in [0, 0.1) is 0 Å². The predicted octanol–water partition coefficient (Wildman–Crippen LogP) is 5.61. The number of benzene rings is 2. The van der Waals surface area contributed by atoms with Crippen molar-refractivity contribution in [1.82, 2.24) is 9.97 Å². The third kappa shape index (κ3) is 3.84. The zero-order valence-electron chi connectivity index (χ0n) is 17.9. The topological polar surface area (TPSA) is 85.5 Å². The molecule has 0 spiro atoms. The van der Waals surface area contributed by atoms with Crippen LogP contribution in [0.3, 0.4) is 0 Å². The number of nitrogens with zero attached hydrogens (tertiary/aromatic N) is 2. The number of aryl methyl sites for hydroxylation is 2. The molecule has 5 rings (SSSR count). The van der Waals surface area contributed by atoms with Gasteiger partial charge in [-0.25, -0.2) is 9.78 Å². The lowest BCUT2D eigenvalue weighted by Crippen LogP contribution is -2.10. The first kappa shape index (κ1) is 20.2. The molecule has 0 bridgehead atoms. The molecule has 0 aliphatic heterocycles. The lowest BCUT2D eigenvalue weighted by molar-refractivity contribution is 0.0697. The van der Waals surface area contributed by atoms with Crippen LogP contribution in [0.25, 0.3) is 22.6 Å². The Balaban J connectivity index is 1.42. The largest absolute Gasteiger partial charge is 0.488 e. The van der Waals surface area contributed by atoms with Gasteiger partial charge in [0.05, 0.1) is 11.1 Å². The Morgan fingerprint density at radius 2 is 1.94 bits per heavy atom. The molecule has 2 aromatic carbocycles. The molecule has 0 atom stereocenters. The van der Waals surface area contributed by atoms with E-state index < -0.39 is 5.97 Å². The first-order valence-electron chi connectivity index (χ1n) is 11.0. The fourth-order valence-electron chi connectivity index (χ4n) is 4.23. The van der Waals surface area contributed by atoms with Gasteiger partial charge in [0.15, 0.2) is 5.58 Å². The number of aromatic nitrogens is 2. The molecular formula is C26H24N2O4. The second-order valence-corrected chi connectivity index (χ2v) is 8.06. The van der Waals surface area contributed by atoms with Crippen molar-refractivity contribution in [1.29, 1.82) is 0 Å². The summed E-state index contributed by atoms with van der Waals surface area (Å²) in [6.07, 6.45) is 5.27. The highest BCUT2D eigenvalue weighted by Crippen LogP contribution is 2.31. The normalized spacial score (nSPS) is 13.2. The van der Waals surface area contributed by atoms with Crippen molar-refractivity contribution in [3.63, 3.8) is 0 Å². The molecule has 2 aromatic heterocycles. The third-order valence-corrected chi connectivity index (χ3v) is 5.91. The van der Waals surface area contributed by atoms with Crippen LogP contribution in [-0.2, 0) is 25.9 Å². The molecule has 2 heterocycles. The van der Waals surface area contributed by atoms with Crippen LogP contribution in [0.4, 0.5) is 0 Å². The second-order valence-electron chi connectivity index (χ2n) is 8.06.